The van der Waals surface area contributed by atoms with Crippen molar-refractivity contribution in [1.29, 1.82) is 0 Å². The lowest BCUT2D eigenvalue weighted by atomic mass is 10.2. The number of methoxy groups -OCH3 is 1. The topological polar surface area (TPSA) is 75.7 Å². The zero-order valence-corrected chi connectivity index (χ0v) is 13.6. The van der Waals surface area contributed by atoms with Crippen LogP contribution in [-0.4, -0.2) is 51.1 Å². The number of hydrogen-bond acceptors (Lipinski definition) is 4. The number of benzene rings is 1. The maximum Gasteiger partial charge on any atom is 0.251 e. The van der Waals surface area contributed by atoms with Crippen molar-refractivity contribution in [2.75, 3.05) is 32.5 Å². The van der Waals surface area contributed by atoms with Gasteiger partial charge in [0.15, 0.2) is 0 Å². The summed E-state index contributed by atoms with van der Waals surface area (Å²) in [4.78, 5) is 11.9. The maximum absolute atomic E-state index is 12.1. The number of nitrogens with zero attached hydrogens (tertiary/aromatic N) is 1. The molecular weight excluding hydrogens is 304 g/mol. The van der Waals surface area contributed by atoms with Crippen LogP contribution in [0, 0.1) is 0 Å². The number of sulfonamides is 1. The molecule has 0 bridgehead atoms. The molecule has 1 amide bonds. The molecule has 22 heavy (non-hydrogen) atoms. The molecule has 0 unspecified atom stereocenters. The van der Waals surface area contributed by atoms with Crippen LogP contribution in [-0.2, 0) is 10.0 Å². The number of ether oxygens (including phenoxy) is 1. The van der Waals surface area contributed by atoms with Gasteiger partial charge in [-0.1, -0.05) is 6.42 Å². The largest absolute Gasteiger partial charge is 0.497 e. The number of amides is 1. The molecule has 0 saturated carbocycles. The van der Waals surface area contributed by atoms with Crippen molar-refractivity contribution < 1.29 is 17.9 Å². The first kappa shape index (κ1) is 16.8. The third-order valence-electron chi connectivity index (χ3n) is 3.71. The fourth-order valence-electron chi connectivity index (χ4n) is 2.41. The number of carbonyl (C=O) groups is 1. The zero-order chi connectivity index (χ0) is 16.0. The van der Waals surface area contributed by atoms with E-state index in [-0.39, 0.29) is 18.2 Å². The highest BCUT2D eigenvalue weighted by atomic mass is 32.2. The molecule has 6 nitrogen and oxygen atoms in total. The molecular formula is C15H22N2O4S. The van der Waals surface area contributed by atoms with E-state index in [1.807, 2.05) is 0 Å². The Morgan fingerprint density at radius 1 is 1.18 bits per heavy atom. The molecule has 1 aromatic rings. The third kappa shape index (κ3) is 4.45. The Morgan fingerprint density at radius 2 is 1.82 bits per heavy atom. The summed E-state index contributed by atoms with van der Waals surface area (Å²) in [6.45, 7) is 1.30. The van der Waals surface area contributed by atoms with E-state index in [9.17, 15) is 13.2 Å². The predicted molar refractivity (Wildman–Crippen MR) is 84.5 cm³/mol. The lowest BCUT2D eigenvalue weighted by molar-refractivity contribution is 0.0956. The van der Waals surface area contributed by atoms with Crippen LogP contribution in [0.4, 0.5) is 0 Å². The van der Waals surface area contributed by atoms with E-state index in [0.717, 1.165) is 19.3 Å². The molecule has 1 aliphatic rings. The monoisotopic (exact) mass is 326 g/mol. The first-order chi connectivity index (χ1) is 10.5. The molecule has 0 spiro atoms. The molecule has 2 rings (SSSR count). The second-order valence-electron chi connectivity index (χ2n) is 5.26. The quantitative estimate of drug-likeness (QED) is 0.853. The van der Waals surface area contributed by atoms with Gasteiger partial charge in [0.1, 0.15) is 5.75 Å². The van der Waals surface area contributed by atoms with Crippen LogP contribution < -0.4 is 10.1 Å². The minimum Gasteiger partial charge on any atom is -0.497 e. The second kappa shape index (κ2) is 7.60. The molecule has 1 aromatic carbocycles. The maximum atomic E-state index is 12.1. The van der Waals surface area contributed by atoms with E-state index in [1.165, 1.54) is 4.31 Å². The van der Waals surface area contributed by atoms with Crippen LogP contribution in [0.3, 0.4) is 0 Å². The molecule has 0 aliphatic carbocycles. The Hall–Kier alpha value is -1.60. The van der Waals surface area contributed by atoms with E-state index in [0.29, 0.717) is 24.4 Å². The number of carbonyl (C=O) groups excluding carboxylic acids is 1. The van der Waals surface area contributed by atoms with E-state index in [1.54, 1.807) is 31.4 Å². The van der Waals surface area contributed by atoms with Crippen LogP contribution in [0.2, 0.25) is 0 Å². The van der Waals surface area contributed by atoms with Crippen LogP contribution >= 0.6 is 0 Å². The molecule has 1 N–H and O–H groups in total. The number of hydrogen-bond donors (Lipinski definition) is 1. The summed E-state index contributed by atoms with van der Waals surface area (Å²) < 4.78 is 30.8. The van der Waals surface area contributed by atoms with Gasteiger partial charge in [0.2, 0.25) is 10.0 Å². The number of rotatable bonds is 6. The van der Waals surface area contributed by atoms with Gasteiger partial charge in [0.25, 0.3) is 5.91 Å². The van der Waals surface area contributed by atoms with Crippen LogP contribution in [0.1, 0.15) is 29.6 Å². The van der Waals surface area contributed by atoms with E-state index in [2.05, 4.69) is 5.32 Å². The number of piperidine rings is 1. The van der Waals surface area contributed by atoms with Gasteiger partial charge in [-0.3, -0.25) is 4.79 Å². The zero-order valence-electron chi connectivity index (χ0n) is 12.7. The van der Waals surface area contributed by atoms with Crippen molar-refractivity contribution >= 4 is 15.9 Å². The Bertz CT molecular complexity index is 592. The molecule has 7 heteroatoms. The minimum absolute atomic E-state index is 0.0606. The summed E-state index contributed by atoms with van der Waals surface area (Å²) >= 11 is 0. The highest BCUT2D eigenvalue weighted by Crippen LogP contribution is 2.13. The summed E-state index contributed by atoms with van der Waals surface area (Å²) in [6, 6.07) is 6.68. The molecule has 1 aliphatic heterocycles. The molecule has 0 aromatic heterocycles. The Morgan fingerprint density at radius 3 is 2.41 bits per heavy atom. The van der Waals surface area contributed by atoms with Gasteiger partial charge in [-0.05, 0) is 37.1 Å². The summed E-state index contributed by atoms with van der Waals surface area (Å²) in [6.07, 6.45) is 2.91. The first-order valence-electron chi connectivity index (χ1n) is 7.43. The Balaban J connectivity index is 1.83. The van der Waals surface area contributed by atoms with E-state index >= 15 is 0 Å². The normalized spacial score (nSPS) is 16.2. The third-order valence-corrected chi connectivity index (χ3v) is 5.58. The highest BCUT2D eigenvalue weighted by molar-refractivity contribution is 7.89. The van der Waals surface area contributed by atoms with Crippen molar-refractivity contribution in [1.82, 2.24) is 9.62 Å². The summed E-state index contributed by atoms with van der Waals surface area (Å²) in [7, 11) is -1.72. The van der Waals surface area contributed by atoms with E-state index in [4.69, 9.17) is 4.74 Å². The lowest BCUT2D eigenvalue weighted by Crippen LogP contribution is -2.40. The molecule has 1 saturated heterocycles. The average Bonchev–Trinajstić information content (AvgIpc) is 2.55. The van der Waals surface area contributed by atoms with Gasteiger partial charge >= 0.3 is 0 Å². The van der Waals surface area contributed by atoms with Crippen LogP contribution in [0.15, 0.2) is 24.3 Å². The Labute approximate surface area is 131 Å². The average molecular weight is 326 g/mol. The molecule has 0 radical (unpaired) electrons. The van der Waals surface area contributed by atoms with Gasteiger partial charge in [-0.25, -0.2) is 12.7 Å². The summed E-state index contributed by atoms with van der Waals surface area (Å²) in [5.41, 5.74) is 0.483. The smallest absolute Gasteiger partial charge is 0.251 e. The standard InChI is InChI=1S/C15H22N2O4S/c1-21-14-7-5-13(6-8-14)15(18)16-9-12-22(19,20)17-10-3-2-4-11-17/h5-8H,2-4,9-12H2,1H3,(H,16,18). The molecule has 122 valence electrons. The predicted octanol–water partition coefficient (Wildman–Crippen LogP) is 1.24. The van der Waals surface area contributed by atoms with E-state index < -0.39 is 10.0 Å². The van der Waals surface area contributed by atoms with Gasteiger partial charge in [0.05, 0.1) is 12.9 Å². The summed E-state index contributed by atoms with van der Waals surface area (Å²) in [5.74, 6) is 0.329. The number of nitrogens with one attached hydrogen (secondary N) is 1. The van der Waals surface area contributed by atoms with Crippen LogP contribution in [0.25, 0.3) is 0 Å². The van der Waals surface area contributed by atoms with Crippen molar-refractivity contribution in [2.45, 2.75) is 19.3 Å². The van der Waals surface area contributed by atoms with Crippen molar-refractivity contribution in [2.24, 2.45) is 0 Å². The minimum atomic E-state index is -3.27. The lowest BCUT2D eigenvalue weighted by Gasteiger charge is -2.25. The molecule has 1 heterocycles. The van der Waals surface area contributed by atoms with Crippen molar-refractivity contribution in [3.8, 4) is 5.75 Å². The Kier molecular flexibility index (Phi) is 5.79. The van der Waals surface area contributed by atoms with Gasteiger partial charge in [-0.15, -0.1) is 0 Å². The van der Waals surface area contributed by atoms with Gasteiger partial charge < -0.3 is 10.1 Å². The van der Waals surface area contributed by atoms with Gasteiger partial charge in [0, 0.05) is 25.2 Å². The van der Waals surface area contributed by atoms with Crippen molar-refractivity contribution in [3.63, 3.8) is 0 Å². The van der Waals surface area contributed by atoms with Crippen LogP contribution in [0.5, 0.6) is 5.75 Å². The highest BCUT2D eigenvalue weighted by Gasteiger charge is 2.23. The van der Waals surface area contributed by atoms with Crippen molar-refractivity contribution in [3.05, 3.63) is 29.8 Å². The molecule has 1 fully saturated rings. The fourth-order valence-corrected chi connectivity index (χ4v) is 3.84. The SMILES string of the molecule is COc1ccc(C(=O)NCCS(=O)(=O)N2CCCCC2)cc1. The fraction of sp³-hybridized carbons (Fsp3) is 0.533. The first-order valence-corrected chi connectivity index (χ1v) is 9.04. The second-order valence-corrected chi connectivity index (χ2v) is 7.35. The summed E-state index contributed by atoms with van der Waals surface area (Å²) in [5, 5.41) is 2.65. The molecule has 0 atom stereocenters. The van der Waals surface area contributed by atoms with Gasteiger partial charge in [-0.2, -0.15) is 0 Å².